The Morgan fingerprint density at radius 1 is 1.00 bits per heavy atom. The van der Waals surface area contributed by atoms with Gasteiger partial charge in [0.05, 0.1) is 6.04 Å². The lowest BCUT2D eigenvalue weighted by molar-refractivity contribution is -0.0505. The van der Waals surface area contributed by atoms with E-state index in [1.807, 2.05) is 30.3 Å². The van der Waals surface area contributed by atoms with E-state index in [0.29, 0.717) is 5.56 Å². The molecule has 2 aromatic carbocycles. The lowest BCUT2D eigenvalue weighted by Crippen LogP contribution is -2.21. The Morgan fingerprint density at radius 2 is 1.65 bits per heavy atom. The number of ether oxygens (including phenoxy) is 1. The van der Waals surface area contributed by atoms with E-state index in [1.165, 1.54) is 6.07 Å². The number of benzene rings is 2. The Bertz CT molecular complexity index is 534. The van der Waals surface area contributed by atoms with Gasteiger partial charge in [0.1, 0.15) is 5.75 Å². The van der Waals surface area contributed by atoms with E-state index in [0.717, 1.165) is 5.69 Å². The van der Waals surface area contributed by atoms with E-state index >= 15 is 0 Å². The monoisotopic (exact) mass is 278 g/mol. The van der Waals surface area contributed by atoms with Crippen LogP contribution in [0.3, 0.4) is 0 Å². The largest absolute Gasteiger partial charge is 0.434 e. The van der Waals surface area contributed by atoms with Crippen LogP contribution in [0.5, 0.6) is 5.75 Å². The molecule has 0 spiro atoms. The maximum absolute atomic E-state index is 12.4. The third-order valence-corrected chi connectivity index (χ3v) is 2.86. The van der Waals surface area contributed by atoms with Crippen molar-refractivity contribution in [2.75, 3.05) is 11.9 Å². The minimum atomic E-state index is -2.86. The summed E-state index contributed by atoms with van der Waals surface area (Å²) in [6, 6.07) is 15.8. The molecule has 0 amide bonds. The molecule has 3 N–H and O–H groups in total. The van der Waals surface area contributed by atoms with Gasteiger partial charge in [0, 0.05) is 17.8 Å². The Labute approximate surface area is 116 Å². The number of alkyl halides is 2. The van der Waals surface area contributed by atoms with Crippen molar-refractivity contribution in [3.63, 3.8) is 0 Å². The van der Waals surface area contributed by atoms with Gasteiger partial charge in [0.2, 0.25) is 0 Å². The van der Waals surface area contributed by atoms with Crippen LogP contribution in [0.4, 0.5) is 14.5 Å². The molecule has 0 bridgehead atoms. The second-order valence-corrected chi connectivity index (χ2v) is 4.21. The average molecular weight is 278 g/mol. The van der Waals surface area contributed by atoms with Gasteiger partial charge in [-0.15, -0.1) is 0 Å². The first-order valence-electron chi connectivity index (χ1n) is 6.26. The second-order valence-electron chi connectivity index (χ2n) is 4.21. The van der Waals surface area contributed by atoms with E-state index in [-0.39, 0.29) is 18.3 Å². The van der Waals surface area contributed by atoms with Crippen LogP contribution in [0.25, 0.3) is 0 Å². The molecule has 0 heterocycles. The minimum absolute atomic E-state index is 0.140. The predicted molar refractivity (Wildman–Crippen MR) is 74.9 cm³/mol. The molecule has 0 fully saturated rings. The van der Waals surface area contributed by atoms with Crippen LogP contribution < -0.4 is 15.8 Å². The van der Waals surface area contributed by atoms with Crippen LogP contribution in [0.2, 0.25) is 0 Å². The maximum Gasteiger partial charge on any atom is 0.387 e. The van der Waals surface area contributed by atoms with Crippen LogP contribution in [-0.2, 0) is 0 Å². The number of anilines is 1. The zero-order valence-electron chi connectivity index (χ0n) is 10.8. The molecule has 3 nitrogen and oxygen atoms in total. The molecule has 0 aliphatic rings. The third kappa shape index (κ3) is 3.68. The first-order chi connectivity index (χ1) is 9.70. The lowest BCUT2D eigenvalue weighted by atomic mass is 10.1. The number of nitrogens with one attached hydrogen (secondary N) is 1. The number of hydrogen-bond acceptors (Lipinski definition) is 3. The first kappa shape index (κ1) is 14.3. The SMILES string of the molecule is NCC(Nc1ccccc1)c1ccccc1OC(F)F. The maximum atomic E-state index is 12.4. The van der Waals surface area contributed by atoms with Gasteiger partial charge in [-0.05, 0) is 18.2 Å². The van der Waals surface area contributed by atoms with Crippen molar-refractivity contribution >= 4 is 5.69 Å². The van der Waals surface area contributed by atoms with Gasteiger partial charge in [-0.3, -0.25) is 0 Å². The van der Waals surface area contributed by atoms with Crippen LogP contribution >= 0.6 is 0 Å². The molecule has 0 aliphatic carbocycles. The summed E-state index contributed by atoms with van der Waals surface area (Å²) in [5.41, 5.74) is 7.23. The van der Waals surface area contributed by atoms with Gasteiger partial charge in [-0.1, -0.05) is 36.4 Å². The van der Waals surface area contributed by atoms with Crippen molar-refractivity contribution < 1.29 is 13.5 Å². The molecule has 0 saturated heterocycles. The van der Waals surface area contributed by atoms with E-state index in [9.17, 15) is 8.78 Å². The van der Waals surface area contributed by atoms with Crippen LogP contribution in [0, 0.1) is 0 Å². The van der Waals surface area contributed by atoms with Crippen molar-refractivity contribution in [2.45, 2.75) is 12.7 Å². The highest BCUT2D eigenvalue weighted by atomic mass is 19.3. The Morgan fingerprint density at radius 3 is 2.30 bits per heavy atom. The molecular weight excluding hydrogens is 262 g/mol. The summed E-state index contributed by atoms with van der Waals surface area (Å²) in [5.74, 6) is 0.140. The highest BCUT2D eigenvalue weighted by Crippen LogP contribution is 2.28. The van der Waals surface area contributed by atoms with Gasteiger partial charge >= 0.3 is 6.61 Å². The predicted octanol–water partition coefficient (Wildman–Crippen LogP) is 3.40. The number of rotatable bonds is 6. The van der Waals surface area contributed by atoms with Crippen LogP contribution in [0.1, 0.15) is 11.6 Å². The van der Waals surface area contributed by atoms with Gasteiger partial charge in [0.15, 0.2) is 0 Å². The minimum Gasteiger partial charge on any atom is -0.434 e. The molecule has 2 rings (SSSR count). The Hall–Kier alpha value is -2.14. The summed E-state index contributed by atoms with van der Waals surface area (Å²) < 4.78 is 29.4. The summed E-state index contributed by atoms with van der Waals surface area (Å²) in [6.45, 7) is -2.59. The van der Waals surface area contributed by atoms with Gasteiger partial charge in [0.25, 0.3) is 0 Å². The fourth-order valence-electron chi connectivity index (χ4n) is 1.97. The standard InChI is InChI=1S/C15H16F2N2O/c16-15(17)20-14-9-5-4-8-12(14)13(10-18)19-11-6-2-1-3-7-11/h1-9,13,15,19H,10,18H2. The summed E-state index contributed by atoms with van der Waals surface area (Å²) in [5, 5.41) is 3.21. The van der Waals surface area contributed by atoms with Crippen molar-refractivity contribution in [2.24, 2.45) is 5.73 Å². The molecule has 0 aliphatic heterocycles. The molecular formula is C15H16F2N2O. The second kappa shape index (κ2) is 6.86. The van der Waals surface area contributed by atoms with E-state index in [4.69, 9.17) is 5.73 Å². The summed E-state index contributed by atoms with van der Waals surface area (Å²) in [7, 11) is 0. The Balaban J connectivity index is 2.23. The molecule has 1 unspecified atom stereocenters. The Kier molecular flexibility index (Phi) is 4.90. The van der Waals surface area contributed by atoms with Crippen molar-refractivity contribution in [3.8, 4) is 5.75 Å². The number of para-hydroxylation sites is 2. The van der Waals surface area contributed by atoms with E-state index in [1.54, 1.807) is 18.2 Å². The van der Waals surface area contributed by atoms with Crippen molar-refractivity contribution in [1.29, 1.82) is 0 Å². The smallest absolute Gasteiger partial charge is 0.387 e. The van der Waals surface area contributed by atoms with Gasteiger partial charge in [-0.2, -0.15) is 8.78 Å². The normalized spacial score (nSPS) is 12.2. The van der Waals surface area contributed by atoms with Crippen LogP contribution in [-0.4, -0.2) is 13.2 Å². The topological polar surface area (TPSA) is 47.3 Å². The van der Waals surface area contributed by atoms with Crippen molar-refractivity contribution in [1.82, 2.24) is 0 Å². The first-order valence-corrected chi connectivity index (χ1v) is 6.26. The number of hydrogen-bond donors (Lipinski definition) is 2. The van der Waals surface area contributed by atoms with Gasteiger partial charge in [-0.25, -0.2) is 0 Å². The molecule has 20 heavy (non-hydrogen) atoms. The highest BCUT2D eigenvalue weighted by Gasteiger charge is 2.16. The fraction of sp³-hybridized carbons (Fsp3) is 0.200. The highest BCUT2D eigenvalue weighted by molar-refractivity contribution is 5.47. The molecule has 0 aromatic heterocycles. The zero-order valence-corrected chi connectivity index (χ0v) is 10.8. The molecule has 2 aromatic rings. The molecule has 0 radical (unpaired) electrons. The number of nitrogens with two attached hydrogens (primary N) is 1. The molecule has 0 saturated carbocycles. The summed E-state index contributed by atoms with van der Waals surface area (Å²) in [4.78, 5) is 0. The third-order valence-electron chi connectivity index (χ3n) is 2.86. The van der Waals surface area contributed by atoms with E-state index in [2.05, 4.69) is 10.1 Å². The fourth-order valence-corrected chi connectivity index (χ4v) is 1.97. The quantitative estimate of drug-likeness (QED) is 0.851. The average Bonchev–Trinajstić information content (AvgIpc) is 2.46. The van der Waals surface area contributed by atoms with Gasteiger partial charge < -0.3 is 15.8 Å². The van der Waals surface area contributed by atoms with E-state index < -0.39 is 6.61 Å². The van der Waals surface area contributed by atoms with Crippen LogP contribution in [0.15, 0.2) is 54.6 Å². The van der Waals surface area contributed by atoms with Crippen molar-refractivity contribution in [3.05, 3.63) is 60.2 Å². The number of halogens is 2. The molecule has 106 valence electrons. The summed E-state index contributed by atoms with van der Waals surface area (Å²) in [6.07, 6.45) is 0. The zero-order chi connectivity index (χ0) is 14.4. The molecule has 5 heteroatoms. The summed E-state index contributed by atoms with van der Waals surface area (Å²) >= 11 is 0. The lowest BCUT2D eigenvalue weighted by Gasteiger charge is -2.21. The molecule has 1 atom stereocenters.